The Kier molecular flexibility index (Phi) is 4.89. The Morgan fingerprint density at radius 3 is 2.66 bits per heavy atom. The molecule has 6 heteroatoms. The van der Waals surface area contributed by atoms with Crippen LogP contribution >= 0.6 is 0 Å². The molecule has 0 spiro atoms. The topological polar surface area (TPSA) is 55.0 Å². The first-order chi connectivity index (χ1) is 15.8. The SMILES string of the molecule is CCOc1ccc2c(c1)C1NNC(c3ccc4c(c3)OCO4)C1CN2Cc1ccccc1. The maximum Gasteiger partial charge on any atom is 0.231 e. The lowest BCUT2D eigenvalue weighted by molar-refractivity contribution is 0.174. The van der Waals surface area contributed by atoms with Gasteiger partial charge in [-0.05, 0) is 53.9 Å². The normalized spacial score (nSPS) is 23.0. The molecule has 1 fully saturated rings. The standard InChI is InChI=1S/C26H27N3O3/c1-2-30-19-9-10-22-20(13-19)26-21(15-29(22)14-17-6-4-3-5-7-17)25(27-28-26)18-8-11-23-24(12-18)32-16-31-23/h3-13,21,25-28H,2,14-16H2,1H3. The van der Waals surface area contributed by atoms with Crippen molar-refractivity contribution in [3.63, 3.8) is 0 Å². The first-order valence-corrected chi connectivity index (χ1v) is 11.3. The highest BCUT2D eigenvalue weighted by Crippen LogP contribution is 2.47. The molecule has 0 aliphatic carbocycles. The Bertz CT molecular complexity index is 1120. The number of fused-ring (bicyclic) bond motifs is 4. The molecule has 3 aromatic rings. The molecule has 3 heterocycles. The Labute approximate surface area is 188 Å². The van der Waals surface area contributed by atoms with E-state index in [1.807, 2.05) is 13.0 Å². The average Bonchev–Trinajstić information content (AvgIpc) is 3.46. The van der Waals surface area contributed by atoms with Gasteiger partial charge in [0.15, 0.2) is 11.5 Å². The third kappa shape index (κ3) is 3.36. The van der Waals surface area contributed by atoms with Crippen molar-refractivity contribution in [1.82, 2.24) is 10.9 Å². The van der Waals surface area contributed by atoms with Gasteiger partial charge in [0.05, 0.1) is 18.7 Å². The molecule has 3 atom stereocenters. The fourth-order valence-corrected chi connectivity index (χ4v) is 5.17. The minimum Gasteiger partial charge on any atom is -0.494 e. The third-order valence-corrected chi connectivity index (χ3v) is 6.64. The van der Waals surface area contributed by atoms with Gasteiger partial charge in [-0.25, -0.2) is 10.9 Å². The smallest absolute Gasteiger partial charge is 0.231 e. The summed E-state index contributed by atoms with van der Waals surface area (Å²) in [6.45, 7) is 4.79. The zero-order valence-corrected chi connectivity index (χ0v) is 18.1. The lowest BCUT2D eigenvalue weighted by Gasteiger charge is -2.39. The summed E-state index contributed by atoms with van der Waals surface area (Å²) in [5, 5.41) is 0. The highest BCUT2D eigenvalue weighted by molar-refractivity contribution is 5.61. The van der Waals surface area contributed by atoms with Gasteiger partial charge in [-0.3, -0.25) is 0 Å². The highest BCUT2D eigenvalue weighted by atomic mass is 16.7. The van der Waals surface area contributed by atoms with Gasteiger partial charge in [0.1, 0.15) is 5.75 Å². The molecule has 1 saturated heterocycles. The van der Waals surface area contributed by atoms with Gasteiger partial charge in [0.25, 0.3) is 0 Å². The molecule has 0 saturated carbocycles. The van der Waals surface area contributed by atoms with Crippen LogP contribution in [0, 0.1) is 5.92 Å². The first-order valence-electron chi connectivity index (χ1n) is 11.3. The van der Waals surface area contributed by atoms with Crippen LogP contribution in [0.1, 0.15) is 35.7 Å². The van der Waals surface area contributed by atoms with Crippen LogP contribution in [0.2, 0.25) is 0 Å². The Balaban J connectivity index is 1.37. The number of anilines is 1. The van der Waals surface area contributed by atoms with Crippen LogP contribution in [0.3, 0.4) is 0 Å². The predicted molar refractivity (Wildman–Crippen MR) is 123 cm³/mol. The van der Waals surface area contributed by atoms with E-state index in [2.05, 4.69) is 76.4 Å². The van der Waals surface area contributed by atoms with Crippen molar-refractivity contribution in [3.05, 3.63) is 83.4 Å². The molecule has 0 radical (unpaired) electrons. The quantitative estimate of drug-likeness (QED) is 0.629. The zero-order chi connectivity index (χ0) is 21.5. The Morgan fingerprint density at radius 1 is 0.938 bits per heavy atom. The van der Waals surface area contributed by atoms with Crippen LogP contribution in [0.4, 0.5) is 5.69 Å². The number of benzene rings is 3. The molecule has 6 nitrogen and oxygen atoms in total. The lowest BCUT2D eigenvalue weighted by atomic mass is 9.81. The van der Waals surface area contributed by atoms with Crippen molar-refractivity contribution in [1.29, 1.82) is 0 Å². The van der Waals surface area contributed by atoms with Crippen LogP contribution in [0.5, 0.6) is 17.2 Å². The van der Waals surface area contributed by atoms with Crippen LogP contribution in [-0.4, -0.2) is 19.9 Å². The third-order valence-electron chi connectivity index (χ3n) is 6.64. The molecule has 3 aliphatic heterocycles. The van der Waals surface area contributed by atoms with E-state index in [0.717, 1.165) is 30.3 Å². The van der Waals surface area contributed by atoms with Gasteiger partial charge in [0.2, 0.25) is 6.79 Å². The molecule has 0 amide bonds. The highest BCUT2D eigenvalue weighted by Gasteiger charge is 2.43. The van der Waals surface area contributed by atoms with Gasteiger partial charge < -0.3 is 19.1 Å². The van der Waals surface area contributed by atoms with Crippen molar-refractivity contribution in [2.24, 2.45) is 5.92 Å². The summed E-state index contributed by atoms with van der Waals surface area (Å²) in [7, 11) is 0. The summed E-state index contributed by atoms with van der Waals surface area (Å²) >= 11 is 0. The summed E-state index contributed by atoms with van der Waals surface area (Å²) < 4.78 is 17.0. The van der Waals surface area contributed by atoms with E-state index in [1.165, 1.54) is 22.4 Å². The molecule has 3 aromatic carbocycles. The van der Waals surface area contributed by atoms with Crippen molar-refractivity contribution < 1.29 is 14.2 Å². The monoisotopic (exact) mass is 429 g/mol. The van der Waals surface area contributed by atoms with E-state index < -0.39 is 0 Å². The van der Waals surface area contributed by atoms with Crippen molar-refractivity contribution >= 4 is 5.69 Å². The van der Waals surface area contributed by atoms with E-state index in [9.17, 15) is 0 Å². The Hall–Kier alpha value is -3.22. The van der Waals surface area contributed by atoms with E-state index >= 15 is 0 Å². The van der Waals surface area contributed by atoms with E-state index in [-0.39, 0.29) is 12.1 Å². The number of hydrogen-bond donors (Lipinski definition) is 2. The summed E-state index contributed by atoms with van der Waals surface area (Å²) in [4.78, 5) is 2.50. The molecular formula is C26H27N3O3. The Morgan fingerprint density at radius 2 is 1.78 bits per heavy atom. The van der Waals surface area contributed by atoms with Gasteiger partial charge in [-0.15, -0.1) is 0 Å². The second-order valence-electron chi connectivity index (χ2n) is 8.54. The van der Waals surface area contributed by atoms with Crippen LogP contribution in [0.15, 0.2) is 66.7 Å². The predicted octanol–water partition coefficient (Wildman–Crippen LogP) is 4.34. The minimum absolute atomic E-state index is 0.164. The fourth-order valence-electron chi connectivity index (χ4n) is 5.17. The summed E-state index contributed by atoms with van der Waals surface area (Å²) in [6.07, 6.45) is 0. The number of nitrogens with one attached hydrogen (secondary N) is 2. The first kappa shape index (κ1) is 19.5. The maximum absolute atomic E-state index is 5.84. The van der Waals surface area contributed by atoms with Gasteiger partial charge in [-0.1, -0.05) is 36.4 Å². The maximum atomic E-state index is 5.84. The lowest BCUT2D eigenvalue weighted by Crippen LogP contribution is -2.39. The van der Waals surface area contributed by atoms with Gasteiger partial charge in [0, 0.05) is 24.7 Å². The zero-order valence-electron chi connectivity index (χ0n) is 18.1. The van der Waals surface area contributed by atoms with E-state index in [0.29, 0.717) is 19.3 Å². The molecular weight excluding hydrogens is 402 g/mol. The van der Waals surface area contributed by atoms with Gasteiger partial charge in [-0.2, -0.15) is 0 Å². The second kappa shape index (κ2) is 8.04. The van der Waals surface area contributed by atoms with Gasteiger partial charge >= 0.3 is 0 Å². The summed E-state index contributed by atoms with van der Waals surface area (Å²) in [6, 6.07) is 23.8. The number of rotatable bonds is 5. The second-order valence-corrected chi connectivity index (χ2v) is 8.54. The van der Waals surface area contributed by atoms with Crippen molar-refractivity contribution in [3.8, 4) is 17.2 Å². The molecule has 0 aromatic heterocycles. The fraction of sp³-hybridized carbons (Fsp3) is 0.308. The summed E-state index contributed by atoms with van der Waals surface area (Å²) in [5.41, 5.74) is 12.2. The molecule has 164 valence electrons. The largest absolute Gasteiger partial charge is 0.494 e. The van der Waals surface area contributed by atoms with E-state index in [4.69, 9.17) is 14.2 Å². The average molecular weight is 430 g/mol. The number of nitrogens with zero attached hydrogens (tertiary/aromatic N) is 1. The minimum atomic E-state index is 0.164. The van der Waals surface area contributed by atoms with Crippen LogP contribution < -0.4 is 30.0 Å². The molecule has 3 unspecified atom stereocenters. The molecule has 2 N–H and O–H groups in total. The van der Waals surface area contributed by atoms with Crippen molar-refractivity contribution in [2.45, 2.75) is 25.6 Å². The molecule has 32 heavy (non-hydrogen) atoms. The van der Waals surface area contributed by atoms with Crippen LogP contribution in [-0.2, 0) is 6.54 Å². The van der Waals surface area contributed by atoms with E-state index in [1.54, 1.807) is 0 Å². The summed E-state index contributed by atoms with van der Waals surface area (Å²) in [5.74, 6) is 2.91. The molecule has 3 aliphatic rings. The number of ether oxygens (including phenoxy) is 3. The van der Waals surface area contributed by atoms with Crippen molar-refractivity contribution in [2.75, 3.05) is 24.8 Å². The van der Waals surface area contributed by atoms with Crippen LogP contribution in [0.25, 0.3) is 0 Å². The molecule has 6 rings (SSSR count). The number of hydrazine groups is 1. The molecule has 0 bridgehead atoms. The number of hydrogen-bond acceptors (Lipinski definition) is 6.